The lowest BCUT2D eigenvalue weighted by atomic mass is 10.0. The molecule has 26 heavy (non-hydrogen) atoms. The monoisotopic (exact) mass is 358 g/mol. The average molecular weight is 358 g/mol. The minimum Gasteiger partial charge on any atom is -0.444 e. The number of aliphatic imine (C=N–C) groups is 1. The van der Waals surface area contributed by atoms with Gasteiger partial charge in [-0.25, -0.2) is 9.98 Å². The molecule has 1 atom stereocenters. The molecule has 0 saturated carbocycles. The summed E-state index contributed by atoms with van der Waals surface area (Å²) in [6.45, 7) is 6.47. The van der Waals surface area contributed by atoms with E-state index in [0.29, 0.717) is 18.4 Å². The van der Waals surface area contributed by atoms with E-state index in [1.165, 1.54) is 0 Å². The van der Waals surface area contributed by atoms with Crippen LogP contribution in [0.15, 0.2) is 46.0 Å². The number of hydrogen-bond donors (Lipinski definition) is 3. The molecule has 0 fully saturated rings. The van der Waals surface area contributed by atoms with Crippen LogP contribution in [-0.2, 0) is 6.54 Å². The van der Waals surface area contributed by atoms with E-state index in [-0.39, 0.29) is 6.61 Å². The molecule has 0 aliphatic heterocycles. The number of benzene rings is 1. The van der Waals surface area contributed by atoms with Crippen LogP contribution in [0.3, 0.4) is 0 Å². The van der Waals surface area contributed by atoms with E-state index < -0.39 is 0 Å². The van der Waals surface area contributed by atoms with Crippen molar-refractivity contribution < 1.29 is 9.52 Å². The first-order valence-electron chi connectivity index (χ1n) is 9.39. The first kappa shape index (κ1) is 20.0. The van der Waals surface area contributed by atoms with Crippen LogP contribution in [-0.4, -0.2) is 35.7 Å². The molecule has 6 heteroatoms. The first-order chi connectivity index (χ1) is 12.8. The van der Waals surface area contributed by atoms with Crippen molar-refractivity contribution in [3.05, 3.63) is 42.3 Å². The Morgan fingerprint density at radius 2 is 2.00 bits per heavy atom. The fourth-order valence-electron chi connectivity index (χ4n) is 2.78. The van der Waals surface area contributed by atoms with Gasteiger partial charge in [-0.1, -0.05) is 31.5 Å². The Balaban J connectivity index is 1.95. The van der Waals surface area contributed by atoms with E-state index >= 15 is 0 Å². The van der Waals surface area contributed by atoms with Gasteiger partial charge in [0.2, 0.25) is 5.89 Å². The molecule has 0 aliphatic carbocycles. The average Bonchev–Trinajstić information content (AvgIpc) is 3.14. The molecule has 1 heterocycles. The van der Waals surface area contributed by atoms with E-state index in [0.717, 1.165) is 49.6 Å². The second kappa shape index (κ2) is 11.3. The third-order valence-corrected chi connectivity index (χ3v) is 4.11. The van der Waals surface area contributed by atoms with Gasteiger partial charge in [0.25, 0.3) is 0 Å². The second-order valence-corrected chi connectivity index (χ2v) is 6.25. The van der Waals surface area contributed by atoms with Crippen LogP contribution < -0.4 is 10.6 Å². The summed E-state index contributed by atoms with van der Waals surface area (Å²) in [5.74, 6) is 1.82. The van der Waals surface area contributed by atoms with E-state index in [2.05, 4.69) is 27.5 Å². The summed E-state index contributed by atoms with van der Waals surface area (Å²) >= 11 is 0. The predicted molar refractivity (Wildman–Crippen MR) is 105 cm³/mol. The predicted octanol–water partition coefficient (Wildman–Crippen LogP) is 3.20. The van der Waals surface area contributed by atoms with Gasteiger partial charge in [0.15, 0.2) is 5.96 Å². The zero-order chi connectivity index (χ0) is 18.6. The van der Waals surface area contributed by atoms with Crippen LogP contribution in [0.4, 0.5) is 0 Å². The molecule has 142 valence electrons. The lowest BCUT2D eigenvalue weighted by Gasteiger charge is -2.18. The molecule has 6 nitrogen and oxygen atoms in total. The number of aliphatic hydroxyl groups is 1. The van der Waals surface area contributed by atoms with Gasteiger partial charge in [-0.2, -0.15) is 0 Å². The third-order valence-electron chi connectivity index (χ3n) is 4.11. The number of nitrogens with zero attached hydrogens (tertiary/aromatic N) is 2. The van der Waals surface area contributed by atoms with E-state index in [4.69, 9.17) is 4.42 Å². The van der Waals surface area contributed by atoms with Gasteiger partial charge in [-0.15, -0.1) is 0 Å². The summed E-state index contributed by atoms with van der Waals surface area (Å²) in [6.07, 6.45) is 4.67. The van der Waals surface area contributed by atoms with Crippen LogP contribution in [0.25, 0.3) is 11.5 Å². The SMILES string of the molecule is CCCC(CCO)CNC(=NCc1coc(-c2ccccc2)n1)NCC. The number of aromatic nitrogens is 1. The molecule has 0 radical (unpaired) electrons. The lowest BCUT2D eigenvalue weighted by Crippen LogP contribution is -2.40. The van der Waals surface area contributed by atoms with Crippen LogP contribution >= 0.6 is 0 Å². The van der Waals surface area contributed by atoms with Gasteiger partial charge in [-0.3, -0.25) is 0 Å². The smallest absolute Gasteiger partial charge is 0.226 e. The highest BCUT2D eigenvalue weighted by atomic mass is 16.3. The molecule has 1 aromatic heterocycles. The molecule has 0 saturated heterocycles. The molecule has 0 spiro atoms. The standard InChI is InChI=1S/C20H30N4O2/c1-3-8-16(11-12-25)13-22-20(21-4-2)23-14-18-15-26-19(24-18)17-9-6-5-7-10-17/h5-7,9-10,15-16,25H,3-4,8,11-14H2,1-2H3,(H2,21,22,23). The minimum absolute atomic E-state index is 0.223. The highest BCUT2D eigenvalue weighted by molar-refractivity contribution is 5.79. The van der Waals surface area contributed by atoms with Crippen LogP contribution in [0.5, 0.6) is 0 Å². The minimum atomic E-state index is 0.223. The third kappa shape index (κ3) is 6.52. The van der Waals surface area contributed by atoms with Crippen molar-refractivity contribution in [2.75, 3.05) is 19.7 Å². The second-order valence-electron chi connectivity index (χ2n) is 6.25. The van der Waals surface area contributed by atoms with Crippen molar-refractivity contribution in [3.8, 4) is 11.5 Å². The highest BCUT2D eigenvalue weighted by Crippen LogP contribution is 2.18. The molecule has 0 aliphatic rings. The van der Waals surface area contributed by atoms with Gasteiger partial charge >= 0.3 is 0 Å². The molecule has 3 N–H and O–H groups in total. The summed E-state index contributed by atoms with van der Waals surface area (Å²) < 4.78 is 5.56. The number of aliphatic hydroxyl groups excluding tert-OH is 1. The largest absolute Gasteiger partial charge is 0.444 e. The normalized spacial score (nSPS) is 12.8. The van der Waals surface area contributed by atoms with Gasteiger partial charge in [0.1, 0.15) is 12.0 Å². The Hall–Kier alpha value is -2.34. The van der Waals surface area contributed by atoms with Crippen molar-refractivity contribution in [1.29, 1.82) is 0 Å². The molecule has 0 amide bonds. The summed E-state index contributed by atoms with van der Waals surface area (Å²) in [4.78, 5) is 9.10. The molecule has 1 unspecified atom stereocenters. The topological polar surface area (TPSA) is 82.7 Å². The molecular weight excluding hydrogens is 328 g/mol. The number of hydrogen-bond acceptors (Lipinski definition) is 4. The summed E-state index contributed by atoms with van der Waals surface area (Å²) in [7, 11) is 0. The quantitative estimate of drug-likeness (QED) is 0.449. The Morgan fingerprint density at radius 1 is 1.19 bits per heavy atom. The van der Waals surface area contributed by atoms with E-state index in [1.807, 2.05) is 37.3 Å². The molecule has 2 aromatic rings. The maximum Gasteiger partial charge on any atom is 0.226 e. The van der Waals surface area contributed by atoms with Gasteiger partial charge in [-0.05, 0) is 37.8 Å². The van der Waals surface area contributed by atoms with Crippen molar-refractivity contribution >= 4 is 5.96 Å². The van der Waals surface area contributed by atoms with E-state index in [9.17, 15) is 5.11 Å². The zero-order valence-electron chi connectivity index (χ0n) is 15.7. The fourth-order valence-corrected chi connectivity index (χ4v) is 2.78. The number of oxazole rings is 1. The van der Waals surface area contributed by atoms with Crippen molar-refractivity contribution in [2.45, 2.75) is 39.7 Å². The van der Waals surface area contributed by atoms with Crippen molar-refractivity contribution in [3.63, 3.8) is 0 Å². The Morgan fingerprint density at radius 3 is 2.69 bits per heavy atom. The van der Waals surface area contributed by atoms with Gasteiger partial charge in [0.05, 0.1) is 6.54 Å². The Bertz CT molecular complexity index is 649. The Labute approximate surface area is 155 Å². The molecular formula is C20H30N4O2. The maximum atomic E-state index is 9.19. The number of nitrogens with one attached hydrogen (secondary N) is 2. The number of guanidine groups is 1. The van der Waals surface area contributed by atoms with Gasteiger partial charge in [0, 0.05) is 25.3 Å². The summed E-state index contributed by atoms with van der Waals surface area (Å²) in [6, 6.07) is 9.83. The first-order valence-corrected chi connectivity index (χ1v) is 9.39. The van der Waals surface area contributed by atoms with Crippen LogP contribution in [0, 0.1) is 5.92 Å². The summed E-state index contributed by atoms with van der Waals surface area (Å²) in [5.41, 5.74) is 1.75. The van der Waals surface area contributed by atoms with Crippen molar-refractivity contribution in [2.24, 2.45) is 10.9 Å². The van der Waals surface area contributed by atoms with E-state index in [1.54, 1.807) is 6.26 Å². The highest BCUT2D eigenvalue weighted by Gasteiger charge is 2.09. The van der Waals surface area contributed by atoms with Crippen LogP contribution in [0.1, 0.15) is 38.8 Å². The molecule has 2 rings (SSSR count). The molecule has 1 aromatic carbocycles. The lowest BCUT2D eigenvalue weighted by molar-refractivity contribution is 0.251. The summed E-state index contributed by atoms with van der Waals surface area (Å²) in [5, 5.41) is 15.8. The fraction of sp³-hybridized carbons (Fsp3) is 0.500. The number of rotatable bonds is 10. The maximum absolute atomic E-state index is 9.19. The molecule has 0 bridgehead atoms. The zero-order valence-corrected chi connectivity index (χ0v) is 15.7. The van der Waals surface area contributed by atoms with Gasteiger partial charge < -0.3 is 20.2 Å². The Kier molecular flexibility index (Phi) is 8.69. The van der Waals surface area contributed by atoms with Crippen LogP contribution in [0.2, 0.25) is 0 Å². The van der Waals surface area contributed by atoms with Crippen molar-refractivity contribution in [1.82, 2.24) is 15.6 Å².